The molecule has 1 aromatic rings. The molecule has 1 rings (SSSR count). The number of carbonyl (C=O) groups is 1. The summed E-state index contributed by atoms with van der Waals surface area (Å²) in [6.45, 7) is 2.14. The van der Waals surface area contributed by atoms with E-state index in [0.29, 0.717) is 17.5 Å². The van der Waals surface area contributed by atoms with Crippen LogP contribution in [-0.4, -0.2) is 12.6 Å². The lowest BCUT2D eigenvalue weighted by molar-refractivity contribution is -0.143. The van der Waals surface area contributed by atoms with Crippen molar-refractivity contribution in [3.63, 3.8) is 0 Å². The van der Waals surface area contributed by atoms with E-state index in [1.54, 1.807) is 19.1 Å². The van der Waals surface area contributed by atoms with Crippen molar-refractivity contribution in [2.24, 2.45) is 0 Å². The van der Waals surface area contributed by atoms with Gasteiger partial charge in [-0.3, -0.25) is 4.79 Å². The molecule has 0 saturated heterocycles. The van der Waals surface area contributed by atoms with Crippen LogP contribution in [0, 0.1) is 5.82 Å². The molecule has 0 aliphatic carbocycles. The zero-order valence-corrected chi connectivity index (χ0v) is 10.0. The minimum absolute atomic E-state index is 0.249. The molecular formula is C11H12BrFO2. The molecule has 0 aliphatic rings. The Hall–Kier alpha value is -0.900. The van der Waals surface area contributed by atoms with E-state index in [-0.39, 0.29) is 18.2 Å². The highest BCUT2D eigenvalue weighted by Gasteiger charge is 2.04. The normalized spacial score (nSPS) is 10.1. The fourth-order valence-electron chi connectivity index (χ4n) is 1.17. The highest BCUT2D eigenvalue weighted by atomic mass is 79.9. The molecule has 1 aromatic carbocycles. The van der Waals surface area contributed by atoms with Crippen LogP contribution in [0.2, 0.25) is 0 Å². The van der Waals surface area contributed by atoms with Gasteiger partial charge in [0, 0.05) is 6.42 Å². The quantitative estimate of drug-likeness (QED) is 0.789. The fraction of sp³-hybridized carbons (Fsp3) is 0.364. The second-order valence-electron chi connectivity index (χ2n) is 3.05. The van der Waals surface area contributed by atoms with Crippen molar-refractivity contribution in [3.05, 3.63) is 34.1 Å². The Morgan fingerprint density at radius 1 is 1.53 bits per heavy atom. The molecule has 0 fully saturated rings. The van der Waals surface area contributed by atoms with Crippen LogP contribution in [0.15, 0.2) is 22.7 Å². The molecule has 0 amide bonds. The summed E-state index contributed by atoms with van der Waals surface area (Å²) in [5.74, 6) is -0.558. The summed E-state index contributed by atoms with van der Waals surface area (Å²) in [7, 11) is 0. The highest BCUT2D eigenvalue weighted by molar-refractivity contribution is 9.10. The van der Waals surface area contributed by atoms with Crippen LogP contribution in [0.3, 0.4) is 0 Å². The van der Waals surface area contributed by atoms with Gasteiger partial charge in [-0.15, -0.1) is 0 Å². The maximum atomic E-state index is 13.1. The first-order chi connectivity index (χ1) is 7.13. The molecule has 0 N–H and O–H groups in total. The fourth-order valence-corrected chi connectivity index (χ4v) is 1.42. The lowest BCUT2D eigenvalue weighted by Crippen LogP contribution is -2.05. The van der Waals surface area contributed by atoms with Crippen molar-refractivity contribution in [2.45, 2.75) is 19.8 Å². The third-order valence-corrected chi connectivity index (χ3v) is 2.55. The van der Waals surface area contributed by atoms with Crippen molar-refractivity contribution >= 4 is 21.9 Å². The lowest BCUT2D eigenvalue weighted by atomic mass is 10.1. The monoisotopic (exact) mass is 274 g/mol. The van der Waals surface area contributed by atoms with Gasteiger partial charge in [0.25, 0.3) is 0 Å². The zero-order valence-electron chi connectivity index (χ0n) is 8.43. The number of rotatable bonds is 4. The van der Waals surface area contributed by atoms with Gasteiger partial charge < -0.3 is 4.74 Å². The van der Waals surface area contributed by atoms with E-state index in [4.69, 9.17) is 4.74 Å². The molecule has 82 valence electrons. The van der Waals surface area contributed by atoms with Crippen LogP contribution in [0.4, 0.5) is 4.39 Å². The first-order valence-electron chi connectivity index (χ1n) is 4.73. The summed E-state index contributed by atoms with van der Waals surface area (Å²) in [6, 6.07) is 4.84. The standard InChI is InChI=1S/C11H12BrFO2/c1-2-15-11(14)6-4-8-3-5-9(12)10(13)7-8/h3,5,7H,2,4,6H2,1H3. The van der Waals surface area contributed by atoms with Crippen LogP contribution in [-0.2, 0) is 16.0 Å². The number of carbonyl (C=O) groups excluding carboxylic acids is 1. The Morgan fingerprint density at radius 2 is 2.27 bits per heavy atom. The van der Waals surface area contributed by atoms with Crippen LogP contribution in [0.5, 0.6) is 0 Å². The Labute approximate surface area is 96.6 Å². The van der Waals surface area contributed by atoms with Crippen LogP contribution in [0.1, 0.15) is 18.9 Å². The summed E-state index contributed by atoms with van der Waals surface area (Å²) in [6.07, 6.45) is 0.790. The first-order valence-corrected chi connectivity index (χ1v) is 5.52. The Bertz CT molecular complexity index is 352. The first kappa shape index (κ1) is 12.2. The van der Waals surface area contributed by atoms with E-state index in [2.05, 4.69) is 15.9 Å². The SMILES string of the molecule is CCOC(=O)CCc1ccc(Br)c(F)c1. The largest absolute Gasteiger partial charge is 0.466 e. The van der Waals surface area contributed by atoms with Gasteiger partial charge in [-0.2, -0.15) is 0 Å². The van der Waals surface area contributed by atoms with Gasteiger partial charge in [-0.1, -0.05) is 6.07 Å². The predicted molar refractivity (Wildman–Crippen MR) is 59.1 cm³/mol. The topological polar surface area (TPSA) is 26.3 Å². The maximum Gasteiger partial charge on any atom is 0.306 e. The summed E-state index contributed by atoms with van der Waals surface area (Å²) >= 11 is 3.07. The average Bonchev–Trinajstić information content (AvgIpc) is 2.20. The van der Waals surface area contributed by atoms with E-state index in [1.807, 2.05) is 0 Å². The molecule has 0 heterocycles. The second-order valence-corrected chi connectivity index (χ2v) is 3.91. The number of aryl methyl sites for hydroxylation is 1. The third-order valence-electron chi connectivity index (χ3n) is 1.91. The van der Waals surface area contributed by atoms with Crippen molar-refractivity contribution < 1.29 is 13.9 Å². The maximum absolute atomic E-state index is 13.1. The second kappa shape index (κ2) is 5.85. The van der Waals surface area contributed by atoms with Crippen molar-refractivity contribution in [1.82, 2.24) is 0 Å². The van der Waals surface area contributed by atoms with E-state index >= 15 is 0 Å². The van der Waals surface area contributed by atoms with Crippen LogP contribution in [0.25, 0.3) is 0 Å². The van der Waals surface area contributed by atoms with Gasteiger partial charge >= 0.3 is 5.97 Å². The van der Waals surface area contributed by atoms with Crippen molar-refractivity contribution in [2.75, 3.05) is 6.61 Å². The number of halogens is 2. The molecule has 4 heteroatoms. The molecular weight excluding hydrogens is 263 g/mol. The lowest BCUT2D eigenvalue weighted by Gasteiger charge is -2.03. The molecule has 2 nitrogen and oxygen atoms in total. The third kappa shape index (κ3) is 4.00. The number of benzene rings is 1. The van der Waals surface area contributed by atoms with E-state index < -0.39 is 0 Å². The molecule has 0 spiro atoms. The Morgan fingerprint density at radius 3 is 2.87 bits per heavy atom. The zero-order chi connectivity index (χ0) is 11.3. The van der Waals surface area contributed by atoms with E-state index in [1.165, 1.54) is 6.07 Å². The van der Waals surface area contributed by atoms with E-state index in [9.17, 15) is 9.18 Å². The number of ether oxygens (including phenoxy) is 1. The molecule has 0 unspecified atom stereocenters. The summed E-state index contributed by atoms with van der Waals surface area (Å²) in [5, 5.41) is 0. The predicted octanol–water partition coefficient (Wildman–Crippen LogP) is 3.08. The number of hydrogen-bond acceptors (Lipinski definition) is 2. The van der Waals surface area contributed by atoms with Crippen molar-refractivity contribution in [1.29, 1.82) is 0 Å². The van der Waals surface area contributed by atoms with Crippen LogP contribution < -0.4 is 0 Å². The molecule has 0 aliphatic heterocycles. The van der Waals surface area contributed by atoms with Crippen LogP contribution >= 0.6 is 15.9 Å². The smallest absolute Gasteiger partial charge is 0.306 e. The van der Waals surface area contributed by atoms with Gasteiger partial charge in [-0.25, -0.2) is 4.39 Å². The molecule has 0 saturated carbocycles. The van der Waals surface area contributed by atoms with Gasteiger partial charge in [0.15, 0.2) is 0 Å². The van der Waals surface area contributed by atoms with Gasteiger partial charge in [0.1, 0.15) is 5.82 Å². The van der Waals surface area contributed by atoms with Gasteiger partial charge in [-0.05, 0) is 47.0 Å². The Kier molecular flexibility index (Phi) is 4.75. The number of esters is 1. The Balaban J connectivity index is 2.51. The summed E-state index contributed by atoms with van der Waals surface area (Å²) in [5.41, 5.74) is 0.795. The molecule has 0 aromatic heterocycles. The molecule has 15 heavy (non-hydrogen) atoms. The van der Waals surface area contributed by atoms with Gasteiger partial charge in [0.2, 0.25) is 0 Å². The van der Waals surface area contributed by atoms with Crippen molar-refractivity contribution in [3.8, 4) is 0 Å². The van der Waals surface area contributed by atoms with E-state index in [0.717, 1.165) is 5.56 Å². The highest BCUT2D eigenvalue weighted by Crippen LogP contribution is 2.17. The minimum atomic E-state index is -0.309. The van der Waals surface area contributed by atoms with Gasteiger partial charge in [0.05, 0.1) is 11.1 Å². The molecule has 0 atom stereocenters. The molecule has 0 radical (unpaired) electrons. The molecule has 0 bridgehead atoms. The minimum Gasteiger partial charge on any atom is -0.466 e. The average molecular weight is 275 g/mol. The summed E-state index contributed by atoms with van der Waals surface area (Å²) in [4.78, 5) is 11.0. The summed E-state index contributed by atoms with van der Waals surface area (Å²) < 4.78 is 18.3. The number of hydrogen-bond donors (Lipinski definition) is 0.